The fraction of sp³-hybridized carbons (Fsp3) is 0.556. The van der Waals surface area contributed by atoms with Crippen molar-refractivity contribution in [3.63, 3.8) is 0 Å². The summed E-state index contributed by atoms with van der Waals surface area (Å²) in [6.07, 6.45) is 5.72. The van der Waals surface area contributed by atoms with Crippen molar-refractivity contribution in [1.29, 1.82) is 0 Å². The lowest BCUT2D eigenvalue weighted by Gasteiger charge is -2.30. The summed E-state index contributed by atoms with van der Waals surface area (Å²) in [6, 6.07) is 9.14. The third kappa shape index (κ3) is 3.04. The van der Waals surface area contributed by atoms with E-state index in [2.05, 4.69) is 65.5 Å². The third-order valence-electron chi connectivity index (χ3n) is 4.42. The van der Waals surface area contributed by atoms with Crippen LogP contribution < -0.4 is 0 Å². The smallest absolute Gasteiger partial charge is 0.00726 e. The van der Waals surface area contributed by atoms with Crippen LogP contribution in [-0.4, -0.2) is 0 Å². The van der Waals surface area contributed by atoms with Crippen LogP contribution in [0.4, 0.5) is 0 Å². The van der Waals surface area contributed by atoms with Gasteiger partial charge in [-0.15, -0.1) is 6.58 Å². The van der Waals surface area contributed by atoms with Crippen LogP contribution in [0.25, 0.3) is 0 Å². The maximum absolute atomic E-state index is 3.93. The highest BCUT2D eigenvalue weighted by Gasteiger charge is 2.24. The van der Waals surface area contributed by atoms with Gasteiger partial charge in [-0.3, -0.25) is 0 Å². The molecule has 1 rings (SSSR count). The molecule has 18 heavy (non-hydrogen) atoms. The number of hydrogen-bond acceptors (Lipinski definition) is 0. The lowest BCUT2D eigenvalue weighted by Crippen LogP contribution is -2.21. The Bertz CT molecular complexity index is 383. The van der Waals surface area contributed by atoms with Crippen LogP contribution >= 0.6 is 0 Å². The van der Waals surface area contributed by atoms with Crippen molar-refractivity contribution in [2.75, 3.05) is 0 Å². The molecule has 0 spiro atoms. The van der Waals surface area contributed by atoms with Gasteiger partial charge in [0.25, 0.3) is 0 Å². The Morgan fingerprint density at radius 3 is 1.89 bits per heavy atom. The fourth-order valence-corrected chi connectivity index (χ4v) is 2.50. The van der Waals surface area contributed by atoms with Gasteiger partial charge in [-0.2, -0.15) is 0 Å². The first kappa shape index (κ1) is 15.0. The Morgan fingerprint density at radius 2 is 1.50 bits per heavy atom. The van der Waals surface area contributed by atoms with Crippen LogP contribution in [0, 0.1) is 0 Å². The Morgan fingerprint density at radius 1 is 1.00 bits per heavy atom. The largest absolute Gasteiger partial charge is 0.102 e. The van der Waals surface area contributed by atoms with Crippen molar-refractivity contribution in [3.8, 4) is 0 Å². The number of hydrogen-bond donors (Lipinski definition) is 0. The summed E-state index contributed by atoms with van der Waals surface area (Å²) in [4.78, 5) is 0. The van der Waals surface area contributed by atoms with Gasteiger partial charge in [-0.05, 0) is 29.4 Å². The van der Waals surface area contributed by atoms with E-state index in [-0.39, 0.29) is 5.41 Å². The monoisotopic (exact) mass is 244 g/mol. The van der Waals surface area contributed by atoms with E-state index >= 15 is 0 Å². The van der Waals surface area contributed by atoms with Crippen molar-refractivity contribution < 1.29 is 0 Å². The van der Waals surface area contributed by atoms with E-state index in [1.165, 1.54) is 30.4 Å². The summed E-state index contributed by atoms with van der Waals surface area (Å²) < 4.78 is 0. The molecular formula is C18H28. The lowest BCUT2D eigenvalue weighted by atomic mass is 9.75. The highest BCUT2D eigenvalue weighted by molar-refractivity contribution is 5.34. The first-order chi connectivity index (χ1) is 8.39. The quantitative estimate of drug-likeness (QED) is 0.570. The molecule has 0 N–H and O–H groups in total. The molecule has 0 amide bonds. The molecule has 0 heteroatoms. The minimum Gasteiger partial charge on any atom is -0.102 e. The molecule has 100 valence electrons. The van der Waals surface area contributed by atoms with Crippen LogP contribution in [0.1, 0.15) is 65.0 Å². The molecule has 0 fully saturated rings. The van der Waals surface area contributed by atoms with Crippen molar-refractivity contribution in [2.24, 2.45) is 0 Å². The van der Waals surface area contributed by atoms with Crippen molar-refractivity contribution in [2.45, 2.75) is 64.7 Å². The van der Waals surface area contributed by atoms with E-state index in [4.69, 9.17) is 0 Å². The normalized spacial score (nSPS) is 15.2. The van der Waals surface area contributed by atoms with E-state index in [9.17, 15) is 0 Å². The molecule has 1 aromatic rings. The molecular weight excluding hydrogens is 216 g/mol. The molecule has 0 aliphatic rings. The topological polar surface area (TPSA) is 0 Å². The van der Waals surface area contributed by atoms with Gasteiger partial charge >= 0.3 is 0 Å². The molecule has 1 unspecified atom stereocenters. The van der Waals surface area contributed by atoms with E-state index in [1.54, 1.807) is 0 Å². The minimum absolute atomic E-state index is 0.0614. The van der Waals surface area contributed by atoms with Gasteiger partial charge in [-0.25, -0.2) is 0 Å². The van der Waals surface area contributed by atoms with Crippen LogP contribution in [0.5, 0.6) is 0 Å². The highest BCUT2D eigenvalue weighted by Crippen LogP contribution is 2.34. The summed E-state index contributed by atoms with van der Waals surface area (Å²) in [6.45, 7) is 15.3. The van der Waals surface area contributed by atoms with Gasteiger partial charge in [0.1, 0.15) is 0 Å². The Labute approximate surface area is 113 Å². The average molecular weight is 244 g/mol. The first-order valence-corrected chi connectivity index (χ1v) is 7.14. The standard InChI is InChI=1S/C18H28/c1-7-14-18(6,9-3)16-12-10-15(11-13-16)17(4,5)8-2/h8,10-13H,2,7,9,14H2,1,3-6H3. The second-order valence-corrected chi connectivity index (χ2v) is 6.17. The maximum Gasteiger partial charge on any atom is 0.00726 e. The average Bonchev–Trinajstić information content (AvgIpc) is 2.39. The number of benzene rings is 1. The van der Waals surface area contributed by atoms with Crippen molar-refractivity contribution in [1.82, 2.24) is 0 Å². The van der Waals surface area contributed by atoms with Gasteiger partial charge in [-0.1, -0.05) is 71.4 Å². The maximum atomic E-state index is 3.93. The summed E-state index contributed by atoms with van der Waals surface area (Å²) in [5.74, 6) is 0. The molecule has 0 saturated heterocycles. The zero-order valence-electron chi connectivity index (χ0n) is 12.7. The van der Waals surface area contributed by atoms with Crippen LogP contribution in [0.15, 0.2) is 36.9 Å². The van der Waals surface area contributed by atoms with Gasteiger partial charge in [0, 0.05) is 5.41 Å². The lowest BCUT2D eigenvalue weighted by molar-refractivity contribution is 0.413. The van der Waals surface area contributed by atoms with E-state index in [0.717, 1.165) is 0 Å². The van der Waals surface area contributed by atoms with Crippen LogP contribution in [0.3, 0.4) is 0 Å². The first-order valence-electron chi connectivity index (χ1n) is 7.14. The van der Waals surface area contributed by atoms with Gasteiger partial charge < -0.3 is 0 Å². The Balaban J connectivity index is 3.05. The van der Waals surface area contributed by atoms with Crippen molar-refractivity contribution >= 4 is 0 Å². The second-order valence-electron chi connectivity index (χ2n) is 6.17. The molecule has 0 aliphatic heterocycles. The molecule has 0 bridgehead atoms. The van der Waals surface area contributed by atoms with Gasteiger partial charge in [0.15, 0.2) is 0 Å². The highest BCUT2D eigenvalue weighted by atomic mass is 14.3. The molecule has 0 aliphatic carbocycles. The van der Waals surface area contributed by atoms with Gasteiger partial charge in [0.2, 0.25) is 0 Å². The molecule has 0 saturated carbocycles. The zero-order chi connectivity index (χ0) is 13.8. The van der Waals surface area contributed by atoms with Crippen LogP contribution in [0.2, 0.25) is 0 Å². The summed E-state index contributed by atoms with van der Waals surface area (Å²) in [7, 11) is 0. The van der Waals surface area contributed by atoms with E-state index in [0.29, 0.717) is 5.41 Å². The Kier molecular flexibility index (Phi) is 4.78. The number of rotatable bonds is 6. The summed E-state index contributed by atoms with van der Waals surface area (Å²) >= 11 is 0. The summed E-state index contributed by atoms with van der Waals surface area (Å²) in [5.41, 5.74) is 3.20. The summed E-state index contributed by atoms with van der Waals surface area (Å²) in [5, 5.41) is 0. The van der Waals surface area contributed by atoms with E-state index < -0.39 is 0 Å². The molecule has 1 atom stereocenters. The molecule has 0 aromatic heterocycles. The van der Waals surface area contributed by atoms with Crippen LogP contribution in [-0.2, 0) is 10.8 Å². The predicted octanol–water partition coefficient (Wildman–Crippen LogP) is 5.62. The molecule has 0 heterocycles. The minimum atomic E-state index is 0.0614. The second kappa shape index (κ2) is 5.73. The predicted molar refractivity (Wildman–Crippen MR) is 82.2 cm³/mol. The number of allylic oxidation sites excluding steroid dienone is 1. The molecule has 0 radical (unpaired) electrons. The third-order valence-corrected chi connectivity index (χ3v) is 4.42. The van der Waals surface area contributed by atoms with Crippen molar-refractivity contribution in [3.05, 3.63) is 48.0 Å². The SMILES string of the molecule is C=CC(C)(C)c1ccc(C(C)(CC)CCC)cc1. The molecule has 0 nitrogen and oxygen atoms in total. The van der Waals surface area contributed by atoms with E-state index in [1.807, 2.05) is 6.08 Å². The fourth-order valence-electron chi connectivity index (χ4n) is 2.50. The molecule has 1 aromatic carbocycles. The zero-order valence-corrected chi connectivity index (χ0v) is 12.7. The Hall–Kier alpha value is -1.04. The van der Waals surface area contributed by atoms with Gasteiger partial charge in [0.05, 0.1) is 0 Å².